The molecule has 0 spiro atoms. The Morgan fingerprint density at radius 1 is 1.25 bits per heavy atom. The molecule has 2 aliphatic rings. The van der Waals surface area contributed by atoms with Crippen molar-refractivity contribution in [3.63, 3.8) is 0 Å². The van der Waals surface area contributed by atoms with Crippen LogP contribution in [0.4, 0.5) is 5.13 Å². The molecule has 1 saturated heterocycles. The third kappa shape index (κ3) is 2.17. The molecule has 1 fully saturated rings. The van der Waals surface area contributed by atoms with Crippen LogP contribution in [0, 0.1) is 0 Å². The highest BCUT2D eigenvalue weighted by atomic mass is 32.1. The molecule has 0 amide bonds. The second kappa shape index (κ2) is 4.54. The zero-order valence-corrected chi connectivity index (χ0v) is 13.5. The van der Waals surface area contributed by atoms with Crippen LogP contribution in [0.15, 0.2) is 10.4 Å². The molecule has 20 heavy (non-hydrogen) atoms. The zero-order valence-electron chi connectivity index (χ0n) is 12.6. The summed E-state index contributed by atoms with van der Waals surface area (Å²) in [6.45, 7) is 12.0. The Hall–Kier alpha value is -0.915. The molecule has 1 aromatic rings. The molecule has 0 aromatic carbocycles. The van der Waals surface area contributed by atoms with Crippen LogP contribution in [0.25, 0.3) is 0 Å². The van der Waals surface area contributed by atoms with Gasteiger partial charge >= 0.3 is 7.12 Å². The van der Waals surface area contributed by atoms with E-state index < -0.39 is 0 Å². The van der Waals surface area contributed by atoms with Crippen LogP contribution in [-0.4, -0.2) is 42.2 Å². The van der Waals surface area contributed by atoms with Crippen molar-refractivity contribution in [2.24, 2.45) is 4.99 Å². The highest BCUT2D eigenvalue weighted by Crippen LogP contribution is 2.36. The van der Waals surface area contributed by atoms with E-state index in [1.54, 1.807) is 11.3 Å². The first-order valence-electron chi connectivity index (χ1n) is 6.90. The molecule has 2 aliphatic heterocycles. The second-order valence-electron chi connectivity index (χ2n) is 6.22. The van der Waals surface area contributed by atoms with Crippen LogP contribution < -0.4 is 10.5 Å². The van der Waals surface area contributed by atoms with Crippen LogP contribution in [-0.2, 0) is 9.31 Å². The maximum atomic E-state index is 6.03. The number of hydrogen-bond donors (Lipinski definition) is 0. The molecule has 0 atom stereocenters. The first-order chi connectivity index (χ1) is 9.30. The van der Waals surface area contributed by atoms with Gasteiger partial charge in [0.05, 0.1) is 23.3 Å². The van der Waals surface area contributed by atoms with Gasteiger partial charge < -0.3 is 14.2 Å². The molecule has 3 heterocycles. The third-order valence-electron chi connectivity index (χ3n) is 4.29. The van der Waals surface area contributed by atoms with Crippen molar-refractivity contribution in [3.8, 4) is 0 Å². The van der Waals surface area contributed by atoms with Crippen LogP contribution >= 0.6 is 11.3 Å². The van der Waals surface area contributed by atoms with E-state index in [9.17, 15) is 0 Å². The first-order valence-corrected chi connectivity index (χ1v) is 7.78. The van der Waals surface area contributed by atoms with Gasteiger partial charge in [-0.2, -0.15) is 0 Å². The molecule has 0 N–H and O–H groups in total. The lowest BCUT2D eigenvalue weighted by Crippen LogP contribution is -2.41. The summed E-state index contributed by atoms with van der Waals surface area (Å²) in [4.78, 5) is 11.2. The number of rotatable bonds is 2. The largest absolute Gasteiger partial charge is 0.515 e. The monoisotopic (exact) mass is 293 g/mol. The summed E-state index contributed by atoms with van der Waals surface area (Å²) in [5, 5.41) is 2.98. The number of amidine groups is 1. The van der Waals surface area contributed by atoms with E-state index in [0.29, 0.717) is 0 Å². The highest BCUT2D eigenvalue weighted by Gasteiger charge is 2.52. The summed E-state index contributed by atoms with van der Waals surface area (Å²) < 4.78 is 12.1. The Labute approximate surface area is 124 Å². The minimum atomic E-state index is -0.384. The van der Waals surface area contributed by atoms with Crippen molar-refractivity contribution >= 4 is 35.0 Å². The van der Waals surface area contributed by atoms with Gasteiger partial charge in [-0.1, -0.05) is 0 Å². The molecular formula is C13H20BN3O2S. The molecule has 0 radical (unpaired) electrons. The van der Waals surface area contributed by atoms with Crippen molar-refractivity contribution in [1.82, 2.24) is 4.98 Å². The molecular weight excluding hydrogens is 273 g/mol. The Bertz CT molecular complexity index is 540. The first kappa shape index (κ1) is 14.0. The SMILES string of the molecule is CC1=NCCN1c1nc(B2OC(C)(C)C(C)(C)O2)cs1. The predicted molar refractivity (Wildman–Crippen MR) is 83.2 cm³/mol. The number of aliphatic imine (C=N–C) groups is 1. The molecule has 0 aliphatic carbocycles. The van der Waals surface area contributed by atoms with Gasteiger partial charge in [0.15, 0.2) is 5.13 Å². The molecule has 108 valence electrons. The molecule has 3 rings (SSSR count). The Morgan fingerprint density at radius 3 is 2.45 bits per heavy atom. The second-order valence-corrected chi connectivity index (χ2v) is 7.06. The molecule has 7 heteroatoms. The van der Waals surface area contributed by atoms with Gasteiger partial charge in [-0.3, -0.25) is 4.99 Å². The zero-order chi connectivity index (χ0) is 14.5. The standard InChI is InChI=1S/C13H20BN3O2S/c1-9-15-6-7-17(9)11-16-10(8-20-11)14-18-12(2,3)13(4,5)19-14/h8H,6-7H2,1-5H3. The average Bonchev–Trinajstić information content (AvgIpc) is 2.98. The van der Waals surface area contributed by atoms with Crippen LogP contribution in [0.3, 0.4) is 0 Å². The Morgan fingerprint density at radius 2 is 1.90 bits per heavy atom. The normalized spacial score (nSPS) is 24.4. The van der Waals surface area contributed by atoms with Crippen LogP contribution in [0.5, 0.6) is 0 Å². The van der Waals surface area contributed by atoms with E-state index in [1.807, 2.05) is 12.3 Å². The van der Waals surface area contributed by atoms with E-state index in [1.165, 1.54) is 0 Å². The molecule has 0 unspecified atom stereocenters. The van der Waals surface area contributed by atoms with Gasteiger partial charge in [0.1, 0.15) is 5.84 Å². The minimum absolute atomic E-state index is 0.327. The van der Waals surface area contributed by atoms with E-state index in [2.05, 4.69) is 42.6 Å². The van der Waals surface area contributed by atoms with E-state index in [0.717, 1.165) is 29.6 Å². The van der Waals surface area contributed by atoms with Gasteiger partial charge in [-0.15, -0.1) is 11.3 Å². The predicted octanol–water partition coefficient (Wildman–Crippen LogP) is 1.68. The number of nitrogens with zero attached hydrogens (tertiary/aromatic N) is 3. The lowest BCUT2D eigenvalue weighted by molar-refractivity contribution is 0.00578. The van der Waals surface area contributed by atoms with Crippen molar-refractivity contribution in [2.75, 3.05) is 18.0 Å². The highest BCUT2D eigenvalue weighted by molar-refractivity contribution is 7.15. The average molecular weight is 293 g/mol. The van der Waals surface area contributed by atoms with Crippen molar-refractivity contribution in [3.05, 3.63) is 5.38 Å². The summed E-state index contributed by atoms with van der Waals surface area (Å²) in [6.07, 6.45) is 0. The number of anilines is 1. The maximum absolute atomic E-state index is 6.03. The van der Waals surface area contributed by atoms with Crippen molar-refractivity contribution in [2.45, 2.75) is 45.8 Å². The van der Waals surface area contributed by atoms with Gasteiger partial charge in [0.2, 0.25) is 0 Å². The van der Waals surface area contributed by atoms with E-state index >= 15 is 0 Å². The molecule has 0 bridgehead atoms. The maximum Gasteiger partial charge on any atom is 0.515 e. The fraction of sp³-hybridized carbons (Fsp3) is 0.692. The number of thiazole rings is 1. The summed E-state index contributed by atoms with van der Waals surface area (Å²) in [5.41, 5.74) is 0.196. The Balaban J connectivity index is 1.80. The number of aromatic nitrogens is 1. The van der Waals surface area contributed by atoms with Crippen LogP contribution in [0.1, 0.15) is 34.6 Å². The van der Waals surface area contributed by atoms with Gasteiger partial charge in [0.25, 0.3) is 0 Å². The van der Waals surface area contributed by atoms with E-state index in [-0.39, 0.29) is 18.3 Å². The molecule has 5 nitrogen and oxygen atoms in total. The fourth-order valence-electron chi connectivity index (χ4n) is 2.27. The third-order valence-corrected chi connectivity index (χ3v) is 5.17. The smallest absolute Gasteiger partial charge is 0.398 e. The van der Waals surface area contributed by atoms with Crippen molar-refractivity contribution < 1.29 is 9.31 Å². The number of hydrogen-bond acceptors (Lipinski definition) is 6. The van der Waals surface area contributed by atoms with Crippen molar-refractivity contribution in [1.29, 1.82) is 0 Å². The van der Waals surface area contributed by atoms with Gasteiger partial charge in [0, 0.05) is 11.9 Å². The summed E-state index contributed by atoms with van der Waals surface area (Å²) in [7, 11) is -0.384. The van der Waals surface area contributed by atoms with E-state index in [4.69, 9.17) is 9.31 Å². The molecule has 1 aromatic heterocycles. The lowest BCUT2D eigenvalue weighted by Gasteiger charge is -2.32. The fourth-order valence-corrected chi connectivity index (χ4v) is 3.16. The summed E-state index contributed by atoms with van der Waals surface area (Å²) in [6, 6.07) is 0. The topological polar surface area (TPSA) is 47.0 Å². The van der Waals surface area contributed by atoms with Crippen LogP contribution in [0.2, 0.25) is 0 Å². The van der Waals surface area contributed by atoms with Gasteiger partial charge in [-0.25, -0.2) is 4.98 Å². The lowest BCUT2D eigenvalue weighted by atomic mass is 9.86. The minimum Gasteiger partial charge on any atom is -0.398 e. The molecule has 0 saturated carbocycles. The summed E-state index contributed by atoms with van der Waals surface area (Å²) >= 11 is 1.61. The Kier molecular flexibility index (Phi) is 3.19. The summed E-state index contributed by atoms with van der Waals surface area (Å²) in [5.74, 6) is 1.03. The quantitative estimate of drug-likeness (QED) is 0.778. The van der Waals surface area contributed by atoms with Gasteiger partial charge in [-0.05, 0) is 34.6 Å².